The predicted molar refractivity (Wildman–Crippen MR) is 31.4 cm³/mol. The van der Waals surface area contributed by atoms with E-state index in [1.165, 1.54) is 6.42 Å². The van der Waals surface area contributed by atoms with E-state index < -0.39 is 0 Å². The molecule has 0 spiro atoms. The molecule has 0 radical (unpaired) electrons. The highest BCUT2D eigenvalue weighted by Gasteiger charge is 2.02. The summed E-state index contributed by atoms with van der Waals surface area (Å²) in [5, 5.41) is 3.09. The van der Waals surface area contributed by atoms with E-state index in [9.17, 15) is 4.79 Å². The molecule has 1 fully saturated rings. The van der Waals surface area contributed by atoms with Crippen molar-refractivity contribution in [2.45, 2.75) is 12.8 Å². The number of rotatable bonds is 1. The topological polar surface area (TPSA) is 29.1 Å². The summed E-state index contributed by atoms with van der Waals surface area (Å²) in [5.41, 5.74) is 1.08. The Hall–Kier alpha value is -0.790. The van der Waals surface area contributed by atoms with Crippen molar-refractivity contribution in [1.82, 2.24) is 5.32 Å². The predicted octanol–water partition coefficient (Wildman–Crippen LogP) is 0.453. The smallest absolute Gasteiger partial charge is 0.144 e. The van der Waals surface area contributed by atoms with Crippen molar-refractivity contribution < 1.29 is 4.79 Å². The van der Waals surface area contributed by atoms with Gasteiger partial charge in [0.05, 0.1) is 0 Å². The molecule has 0 aromatic rings. The molecule has 1 heterocycles. The zero-order chi connectivity index (χ0) is 5.82. The molecule has 0 unspecified atom stereocenters. The lowest BCUT2D eigenvalue weighted by atomic mass is 10.3. The van der Waals surface area contributed by atoms with E-state index in [1.54, 1.807) is 6.08 Å². The Kier molecular flexibility index (Phi) is 1.67. The first-order valence-corrected chi connectivity index (χ1v) is 2.81. The number of carbonyl (C=O) groups excluding carboxylic acids is 1. The van der Waals surface area contributed by atoms with E-state index in [0.29, 0.717) is 0 Å². The second-order valence-electron chi connectivity index (χ2n) is 1.86. The van der Waals surface area contributed by atoms with E-state index in [4.69, 9.17) is 0 Å². The number of hydrogen-bond donors (Lipinski definition) is 1. The molecule has 0 atom stereocenters. The first kappa shape index (κ1) is 5.35. The zero-order valence-electron chi connectivity index (χ0n) is 4.68. The summed E-state index contributed by atoms with van der Waals surface area (Å²) in [6.45, 7) is 1.03. The highest BCUT2D eigenvalue weighted by atomic mass is 16.1. The first-order chi connectivity index (χ1) is 3.93. The Labute approximate surface area is 48.6 Å². The maximum atomic E-state index is 9.84. The van der Waals surface area contributed by atoms with Gasteiger partial charge < -0.3 is 5.32 Å². The number of aldehydes is 1. The van der Waals surface area contributed by atoms with Crippen LogP contribution in [0, 0.1) is 0 Å². The van der Waals surface area contributed by atoms with Crippen LogP contribution in [0.2, 0.25) is 0 Å². The third-order valence-electron chi connectivity index (χ3n) is 1.24. The number of nitrogens with one attached hydrogen (secondary N) is 1. The second-order valence-corrected chi connectivity index (χ2v) is 1.86. The molecular formula is C6H9NO. The average Bonchev–Trinajstić information content (AvgIpc) is 2.19. The molecule has 0 saturated carbocycles. The summed E-state index contributed by atoms with van der Waals surface area (Å²) >= 11 is 0. The fourth-order valence-corrected chi connectivity index (χ4v) is 0.841. The van der Waals surface area contributed by atoms with E-state index in [0.717, 1.165) is 24.9 Å². The Morgan fingerprint density at radius 2 is 2.50 bits per heavy atom. The minimum atomic E-state index is 0.827. The van der Waals surface area contributed by atoms with Crippen LogP contribution in [0.25, 0.3) is 0 Å². The molecule has 0 aliphatic carbocycles. The summed E-state index contributed by atoms with van der Waals surface area (Å²) in [5.74, 6) is 0. The minimum absolute atomic E-state index is 0.827. The number of allylic oxidation sites excluding steroid dienone is 2. The molecule has 1 aliphatic rings. The van der Waals surface area contributed by atoms with Gasteiger partial charge in [0.2, 0.25) is 0 Å². The van der Waals surface area contributed by atoms with Crippen LogP contribution in [-0.4, -0.2) is 12.8 Å². The van der Waals surface area contributed by atoms with Crippen LogP contribution in [-0.2, 0) is 4.79 Å². The Morgan fingerprint density at radius 3 is 3.00 bits per heavy atom. The first-order valence-electron chi connectivity index (χ1n) is 2.81. The standard InChI is InChI=1S/C6H9NO/c8-5-3-6-2-1-4-7-6/h3,5,7H,1-2,4H2. The van der Waals surface area contributed by atoms with Crippen LogP contribution in [0.5, 0.6) is 0 Å². The quantitative estimate of drug-likeness (QED) is 0.393. The average molecular weight is 111 g/mol. The molecule has 1 aliphatic heterocycles. The van der Waals surface area contributed by atoms with Crippen molar-refractivity contribution in [3.63, 3.8) is 0 Å². The van der Waals surface area contributed by atoms with Gasteiger partial charge in [-0.25, -0.2) is 0 Å². The molecule has 0 amide bonds. The minimum Gasteiger partial charge on any atom is -0.388 e. The summed E-state index contributed by atoms with van der Waals surface area (Å²) in [7, 11) is 0. The van der Waals surface area contributed by atoms with E-state index in [-0.39, 0.29) is 0 Å². The Bertz CT molecular complexity index is 110. The van der Waals surface area contributed by atoms with Crippen molar-refractivity contribution >= 4 is 6.29 Å². The molecule has 0 aromatic carbocycles. The van der Waals surface area contributed by atoms with Crippen LogP contribution in [0.1, 0.15) is 12.8 Å². The molecular weight excluding hydrogens is 102 g/mol. The molecule has 2 nitrogen and oxygen atoms in total. The van der Waals surface area contributed by atoms with Crippen molar-refractivity contribution in [2.24, 2.45) is 0 Å². The maximum absolute atomic E-state index is 9.84. The van der Waals surface area contributed by atoms with Gasteiger partial charge >= 0.3 is 0 Å². The van der Waals surface area contributed by atoms with Crippen molar-refractivity contribution in [3.05, 3.63) is 11.8 Å². The summed E-state index contributed by atoms with van der Waals surface area (Å²) in [4.78, 5) is 9.84. The normalized spacial score (nSPS) is 23.2. The fraction of sp³-hybridized carbons (Fsp3) is 0.500. The largest absolute Gasteiger partial charge is 0.388 e. The highest BCUT2D eigenvalue weighted by Crippen LogP contribution is 2.06. The third kappa shape index (κ3) is 1.09. The van der Waals surface area contributed by atoms with Crippen molar-refractivity contribution in [2.75, 3.05) is 6.54 Å². The summed E-state index contributed by atoms with van der Waals surface area (Å²) in [6, 6.07) is 0. The van der Waals surface area contributed by atoms with Crippen LogP contribution in [0.3, 0.4) is 0 Å². The lowest BCUT2D eigenvalue weighted by Gasteiger charge is -1.90. The molecule has 1 rings (SSSR count). The molecule has 44 valence electrons. The van der Waals surface area contributed by atoms with E-state index in [2.05, 4.69) is 5.32 Å². The SMILES string of the molecule is O=CC=C1CCCN1. The van der Waals surface area contributed by atoms with Gasteiger partial charge in [-0.15, -0.1) is 0 Å². The van der Waals surface area contributed by atoms with Gasteiger partial charge in [-0.3, -0.25) is 4.79 Å². The Balaban J connectivity index is 2.44. The lowest BCUT2D eigenvalue weighted by Crippen LogP contribution is -2.02. The monoisotopic (exact) mass is 111 g/mol. The molecule has 1 saturated heterocycles. The van der Waals surface area contributed by atoms with Crippen molar-refractivity contribution in [3.8, 4) is 0 Å². The zero-order valence-corrected chi connectivity index (χ0v) is 4.68. The number of carbonyl (C=O) groups is 1. The second kappa shape index (κ2) is 2.50. The molecule has 1 N–H and O–H groups in total. The molecule has 0 aromatic heterocycles. The van der Waals surface area contributed by atoms with Crippen LogP contribution >= 0.6 is 0 Å². The summed E-state index contributed by atoms with van der Waals surface area (Å²) in [6.07, 6.45) is 4.62. The van der Waals surface area contributed by atoms with Crippen LogP contribution in [0.4, 0.5) is 0 Å². The maximum Gasteiger partial charge on any atom is 0.144 e. The van der Waals surface area contributed by atoms with Gasteiger partial charge in [0, 0.05) is 12.2 Å². The van der Waals surface area contributed by atoms with Crippen LogP contribution in [0.15, 0.2) is 11.8 Å². The van der Waals surface area contributed by atoms with Gasteiger partial charge in [0.15, 0.2) is 0 Å². The van der Waals surface area contributed by atoms with Gasteiger partial charge in [-0.2, -0.15) is 0 Å². The van der Waals surface area contributed by atoms with E-state index >= 15 is 0 Å². The molecule has 2 heteroatoms. The van der Waals surface area contributed by atoms with Crippen LogP contribution < -0.4 is 5.32 Å². The third-order valence-corrected chi connectivity index (χ3v) is 1.24. The molecule has 8 heavy (non-hydrogen) atoms. The van der Waals surface area contributed by atoms with Gasteiger partial charge in [-0.1, -0.05) is 0 Å². The van der Waals surface area contributed by atoms with Crippen molar-refractivity contribution in [1.29, 1.82) is 0 Å². The lowest BCUT2D eigenvalue weighted by molar-refractivity contribution is -0.104. The number of hydrogen-bond acceptors (Lipinski definition) is 2. The van der Waals surface area contributed by atoms with E-state index in [1.807, 2.05) is 0 Å². The van der Waals surface area contributed by atoms with Gasteiger partial charge in [-0.05, 0) is 18.9 Å². The van der Waals surface area contributed by atoms with Gasteiger partial charge in [0.25, 0.3) is 0 Å². The fourth-order valence-electron chi connectivity index (χ4n) is 0.841. The Morgan fingerprint density at radius 1 is 1.62 bits per heavy atom. The molecule has 0 bridgehead atoms. The summed E-state index contributed by atoms with van der Waals surface area (Å²) < 4.78 is 0. The highest BCUT2D eigenvalue weighted by molar-refractivity contribution is 5.66. The van der Waals surface area contributed by atoms with Gasteiger partial charge in [0.1, 0.15) is 6.29 Å².